The molecule has 0 aromatic heterocycles. The second kappa shape index (κ2) is 5.56. The number of amides is 3. The lowest BCUT2D eigenvalue weighted by atomic mass is 9.85. The van der Waals surface area contributed by atoms with Crippen LogP contribution in [-0.2, 0) is 4.79 Å². The number of urea groups is 1. The van der Waals surface area contributed by atoms with Crippen LogP contribution in [0.3, 0.4) is 0 Å². The minimum absolute atomic E-state index is 0.102. The van der Waals surface area contributed by atoms with Crippen molar-refractivity contribution in [2.45, 2.75) is 58.7 Å². The highest BCUT2D eigenvalue weighted by molar-refractivity contribution is 5.87. The fourth-order valence-electron chi connectivity index (χ4n) is 1.23. The summed E-state index contributed by atoms with van der Waals surface area (Å²) in [6, 6.07) is -1.46. The summed E-state index contributed by atoms with van der Waals surface area (Å²) in [6.07, 6.45) is 0. The molecule has 1 unspecified atom stereocenters. The lowest BCUT2D eigenvalue weighted by molar-refractivity contribution is -0.129. The Kier molecular flexibility index (Phi) is 5.16. The summed E-state index contributed by atoms with van der Waals surface area (Å²) in [7, 11) is 0. The lowest BCUT2D eigenvalue weighted by Crippen LogP contribution is -2.62. The van der Waals surface area contributed by atoms with Gasteiger partial charge in [0.1, 0.15) is 6.04 Å². The van der Waals surface area contributed by atoms with E-state index in [1.807, 2.05) is 0 Å². The van der Waals surface area contributed by atoms with Crippen LogP contribution in [0.5, 0.6) is 0 Å². The van der Waals surface area contributed by atoms with Gasteiger partial charge >= 0.3 is 6.03 Å². The second-order valence-corrected chi connectivity index (χ2v) is 5.90. The van der Waals surface area contributed by atoms with Gasteiger partial charge in [0.25, 0.3) is 0 Å². The Balaban J connectivity index is 4.87. The van der Waals surface area contributed by atoms with E-state index in [0.29, 0.717) is 0 Å². The number of nitrogens with two attached hydrogens (primary N) is 1. The lowest BCUT2D eigenvalue weighted by Gasteiger charge is -2.39. The van der Waals surface area contributed by atoms with Crippen LogP contribution in [0.15, 0.2) is 0 Å². The smallest absolute Gasteiger partial charge is 0.312 e. The van der Waals surface area contributed by atoms with Crippen LogP contribution in [0.4, 0.5) is 4.79 Å². The van der Waals surface area contributed by atoms with E-state index < -0.39 is 23.2 Å². The van der Waals surface area contributed by atoms with E-state index in [0.717, 1.165) is 0 Å². The van der Waals surface area contributed by atoms with Crippen LogP contribution in [0.1, 0.15) is 41.5 Å². The zero-order chi connectivity index (χ0) is 14.7. The molecule has 3 amide bonds. The third kappa shape index (κ3) is 4.52. The zero-order valence-electron chi connectivity index (χ0n) is 12.0. The third-order valence-electron chi connectivity index (χ3n) is 3.21. The molecule has 1 atom stereocenters. The van der Waals surface area contributed by atoms with Gasteiger partial charge in [-0.15, -0.1) is 0 Å². The Bertz CT molecular complexity index is 319. The quantitative estimate of drug-likeness (QED) is 0.572. The van der Waals surface area contributed by atoms with Gasteiger partial charge in [-0.3, -0.25) is 4.79 Å². The molecule has 0 spiro atoms. The number of carbonyl (C=O) groups is 2. The van der Waals surface area contributed by atoms with Crippen molar-refractivity contribution in [2.24, 2.45) is 11.7 Å². The van der Waals surface area contributed by atoms with Gasteiger partial charge in [0.15, 0.2) is 0 Å². The van der Waals surface area contributed by atoms with Crippen LogP contribution in [0.2, 0.25) is 0 Å². The molecule has 0 rings (SSSR count). The Labute approximate surface area is 108 Å². The molecule has 0 aromatic carbocycles. The number of nitrogens with one attached hydrogen (secondary N) is 2. The first-order valence-corrected chi connectivity index (χ1v) is 5.99. The van der Waals surface area contributed by atoms with Crippen molar-refractivity contribution in [3.05, 3.63) is 0 Å². The highest BCUT2D eigenvalue weighted by Crippen LogP contribution is 2.21. The summed E-state index contributed by atoms with van der Waals surface area (Å²) < 4.78 is 0. The predicted octanol–water partition coefficient (Wildman–Crippen LogP) is 0.345. The van der Waals surface area contributed by atoms with Crippen LogP contribution >= 0.6 is 0 Å². The number of rotatable bonds is 5. The topological polar surface area (TPSA) is 104 Å². The fourth-order valence-corrected chi connectivity index (χ4v) is 1.23. The fraction of sp³-hybridized carbons (Fsp3) is 0.833. The molecule has 18 heavy (non-hydrogen) atoms. The van der Waals surface area contributed by atoms with Gasteiger partial charge < -0.3 is 21.5 Å². The second-order valence-electron chi connectivity index (χ2n) is 5.90. The Morgan fingerprint density at radius 3 is 1.89 bits per heavy atom. The van der Waals surface area contributed by atoms with E-state index >= 15 is 0 Å². The largest absolute Gasteiger partial charge is 0.388 e. The summed E-state index contributed by atoms with van der Waals surface area (Å²) in [5.41, 5.74) is 3.13. The number of hydrogen-bond acceptors (Lipinski definition) is 3. The zero-order valence-corrected chi connectivity index (χ0v) is 12.0. The molecule has 0 saturated heterocycles. The highest BCUT2D eigenvalue weighted by atomic mass is 16.3. The normalized spacial score (nSPS) is 14.2. The summed E-state index contributed by atoms with van der Waals surface area (Å²) in [6.45, 7) is 10.3. The average Bonchev–Trinajstić information content (AvgIpc) is 2.10. The summed E-state index contributed by atoms with van der Waals surface area (Å²) in [4.78, 5) is 23.0. The van der Waals surface area contributed by atoms with Crippen LogP contribution in [0.25, 0.3) is 0 Å². The SMILES string of the molecule is CC(C)C(NC(N)=O)C(=O)NC(C)(C)C(C)(C)O. The first-order chi connectivity index (χ1) is 7.88. The molecule has 6 heteroatoms. The van der Waals surface area contributed by atoms with Gasteiger partial charge in [0.05, 0.1) is 11.1 Å². The van der Waals surface area contributed by atoms with Crippen molar-refractivity contribution in [3.63, 3.8) is 0 Å². The molecule has 0 fully saturated rings. The molecule has 6 nitrogen and oxygen atoms in total. The van der Waals surface area contributed by atoms with E-state index in [2.05, 4.69) is 10.6 Å². The maximum Gasteiger partial charge on any atom is 0.312 e. The minimum Gasteiger partial charge on any atom is -0.388 e. The van der Waals surface area contributed by atoms with E-state index in [4.69, 9.17) is 5.73 Å². The molecule has 0 radical (unpaired) electrons. The molecule has 0 bridgehead atoms. The van der Waals surface area contributed by atoms with E-state index in [9.17, 15) is 14.7 Å². The van der Waals surface area contributed by atoms with Crippen molar-refractivity contribution in [2.75, 3.05) is 0 Å². The monoisotopic (exact) mass is 259 g/mol. The third-order valence-corrected chi connectivity index (χ3v) is 3.21. The van der Waals surface area contributed by atoms with Gasteiger partial charge in [0.2, 0.25) is 5.91 Å². The van der Waals surface area contributed by atoms with E-state index in [1.165, 1.54) is 0 Å². The molecule has 5 N–H and O–H groups in total. The average molecular weight is 259 g/mol. The molecule has 0 heterocycles. The summed E-state index contributed by atoms with van der Waals surface area (Å²) in [5, 5.41) is 15.1. The molecular weight excluding hydrogens is 234 g/mol. The molecule has 0 aliphatic carbocycles. The number of hydrogen-bond donors (Lipinski definition) is 4. The number of aliphatic hydroxyl groups is 1. The first-order valence-electron chi connectivity index (χ1n) is 5.99. The van der Waals surface area contributed by atoms with Gasteiger partial charge in [-0.1, -0.05) is 13.8 Å². The van der Waals surface area contributed by atoms with Crippen molar-refractivity contribution >= 4 is 11.9 Å². The van der Waals surface area contributed by atoms with Crippen molar-refractivity contribution in [1.82, 2.24) is 10.6 Å². The Hall–Kier alpha value is -1.30. The number of primary amides is 1. The molecule has 106 valence electrons. The van der Waals surface area contributed by atoms with Crippen molar-refractivity contribution in [1.29, 1.82) is 0 Å². The molecule has 0 aliphatic rings. The Morgan fingerprint density at radius 1 is 1.17 bits per heavy atom. The molecule has 0 aromatic rings. The van der Waals surface area contributed by atoms with Gasteiger partial charge in [-0.2, -0.15) is 0 Å². The van der Waals surface area contributed by atoms with E-state index in [-0.39, 0.29) is 11.8 Å². The summed E-state index contributed by atoms with van der Waals surface area (Å²) >= 11 is 0. The van der Waals surface area contributed by atoms with Crippen molar-refractivity contribution in [3.8, 4) is 0 Å². The standard InChI is InChI=1S/C12H25N3O3/c1-7(2)8(14-10(13)17)9(16)15-11(3,4)12(5,6)18/h7-8,18H,1-6H3,(H,15,16)(H3,13,14,17). The van der Waals surface area contributed by atoms with Crippen LogP contribution in [0, 0.1) is 5.92 Å². The minimum atomic E-state index is -1.09. The maximum absolute atomic E-state index is 12.1. The van der Waals surface area contributed by atoms with Crippen LogP contribution < -0.4 is 16.4 Å². The molecular formula is C12H25N3O3. The van der Waals surface area contributed by atoms with Crippen LogP contribution in [-0.4, -0.2) is 34.2 Å². The van der Waals surface area contributed by atoms with Gasteiger partial charge in [0, 0.05) is 0 Å². The highest BCUT2D eigenvalue weighted by Gasteiger charge is 2.38. The molecule has 0 saturated carbocycles. The predicted molar refractivity (Wildman–Crippen MR) is 69.9 cm³/mol. The van der Waals surface area contributed by atoms with Crippen molar-refractivity contribution < 1.29 is 14.7 Å². The summed E-state index contributed by atoms with van der Waals surface area (Å²) in [5.74, 6) is -0.467. The van der Waals surface area contributed by atoms with E-state index in [1.54, 1.807) is 41.5 Å². The van der Waals surface area contributed by atoms with Gasteiger partial charge in [-0.25, -0.2) is 4.79 Å². The molecule has 0 aliphatic heterocycles. The van der Waals surface area contributed by atoms with Gasteiger partial charge in [-0.05, 0) is 33.6 Å². The Morgan fingerprint density at radius 2 is 1.61 bits per heavy atom. The maximum atomic E-state index is 12.1. The number of carbonyl (C=O) groups excluding carboxylic acids is 2. The first kappa shape index (κ1) is 16.7.